The van der Waals surface area contributed by atoms with Crippen molar-refractivity contribution < 1.29 is 9.22 Å². The van der Waals surface area contributed by atoms with Crippen LogP contribution in [0.3, 0.4) is 0 Å². The molecule has 21 heavy (non-hydrogen) atoms. The average Bonchev–Trinajstić information content (AvgIpc) is 2.58. The van der Waals surface area contributed by atoms with E-state index >= 15 is 0 Å². The number of Topliss-reactive ketones (excluding diaryl/α,β-unsaturated/α-hetero) is 1. The molecule has 0 radical (unpaired) electrons. The third kappa shape index (κ3) is 2.99. The standard InChI is InChI=1S/C18H28O2Si/c1-13-8-9-15-14(10-13)11-18(5,16(15)19)12-20-21(6,7)17(2,3)4/h8-10H,11-12H2,1-7H3. The van der Waals surface area contributed by atoms with Crippen LogP contribution in [0.25, 0.3) is 0 Å². The Hall–Kier alpha value is -0.933. The van der Waals surface area contributed by atoms with Gasteiger partial charge in [0, 0.05) is 12.2 Å². The number of fused-ring (bicyclic) bond motifs is 1. The monoisotopic (exact) mass is 304 g/mol. The molecular weight excluding hydrogens is 276 g/mol. The molecule has 116 valence electrons. The van der Waals surface area contributed by atoms with Crippen LogP contribution in [0.15, 0.2) is 18.2 Å². The Labute approximate surface area is 130 Å². The molecule has 0 aromatic heterocycles. The minimum atomic E-state index is -1.82. The lowest BCUT2D eigenvalue weighted by Gasteiger charge is -2.38. The highest BCUT2D eigenvalue weighted by atomic mass is 28.4. The van der Waals surface area contributed by atoms with Gasteiger partial charge in [0.2, 0.25) is 0 Å². The third-order valence-corrected chi connectivity index (χ3v) is 9.67. The van der Waals surface area contributed by atoms with Gasteiger partial charge in [-0.25, -0.2) is 0 Å². The molecule has 1 aromatic rings. The quantitative estimate of drug-likeness (QED) is 0.752. The highest BCUT2D eigenvalue weighted by Crippen LogP contribution is 2.41. The molecule has 0 N–H and O–H groups in total. The lowest BCUT2D eigenvalue weighted by atomic mass is 9.87. The van der Waals surface area contributed by atoms with E-state index in [0.717, 1.165) is 12.0 Å². The van der Waals surface area contributed by atoms with Gasteiger partial charge in [-0.15, -0.1) is 0 Å². The van der Waals surface area contributed by atoms with E-state index in [9.17, 15) is 4.79 Å². The van der Waals surface area contributed by atoms with Crippen LogP contribution in [0.1, 0.15) is 49.2 Å². The number of aryl methyl sites for hydroxylation is 1. The summed E-state index contributed by atoms with van der Waals surface area (Å²) in [6.45, 7) is 15.9. The van der Waals surface area contributed by atoms with Gasteiger partial charge in [-0.05, 0) is 44.0 Å². The van der Waals surface area contributed by atoms with Crippen molar-refractivity contribution in [2.24, 2.45) is 5.41 Å². The first-order valence-corrected chi connectivity index (χ1v) is 10.7. The largest absolute Gasteiger partial charge is 0.416 e. The van der Waals surface area contributed by atoms with Crippen molar-refractivity contribution in [1.29, 1.82) is 0 Å². The second kappa shape index (κ2) is 5.06. The number of carbonyl (C=O) groups excluding carboxylic acids is 1. The predicted octanol–water partition coefficient (Wildman–Crippen LogP) is 4.76. The molecule has 2 nitrogen and oxygen atoms in total. The van der Waals surface area contributed by atoms with Crippen molar-refractivity contribution in [3.05, 3.63) is 34.9 Å². The topological polar surface area (TPSA) is 26.3 Å². The molecule has 0 saturated carbocycles. The number of ketones is 1. The number of carbonyl (C=O) groups is 1. The van der Waals surface area contributed by atoms with Crippen molar-refractivity contribution in [2.75, 3.05) is 6.61 Å². The summed E-state index contributed by atoms with van der Waals surface area (Å²) in [4.78, 5) is 12.7. The van der Waals surface area contributed by atoms with Crippen LogP contribution in [0.2, 0.25) is 18.1 Å². The van der Waals surface area contributed by atoms with Gasteiger partial charge >= 0.3 is 0 Å². The van der Waals surface area contributed by atoms with E-state index < -0.39 is 13.7 Å². The molecule has 1 aliphatic rings. The minimum absolute atomic E-state index is 0.175. The summed E-state index contributed by atoms with van der Waals surface area (Å²) < 4.78 is 6.33. The van der Waals surface area contributed by atoms with E-state index in [1.165, 1.54) is 11.1 Å². The molecule has 0 fully saturated rings. The van der Waals surface area contributed by atoms with Crippen molar-refractivity contribution in [3.63, 3.8) is 0 Å². The van der Waals surface area contributed by atoms with Crippen LogP contribution in [-0.2, 0) is 10.8 Å². The van der Waals surface area contributed by atoms with Gasteiger partial charge in [-0.1, -0.05) is 44.5 Å². The fourth-order valence-corrected chi connectivity index (χ4v) is 3.70. The van der Waals surface area contributed by atoms with Crippen LogP contribution < -0.4 is 0 Å². The third-order valence-electron chi connectivity index (χ3n) is 5.19. The van der Waals surface area contributed by atoms with Crippen LogP contribution in [0.4, 0.5) is 0 Å². The molecule has 1 aromatic carbocycles. The van der Waals surface area contributed by atoms with Gasteiger partial charge in [0.1, 0.15) is 0 Å². The fourth-order valence-electron chi connectivity index (χ4n) is 2.59. The first kappa shape index (κ1) is 16.4. The summed E-state index contributed by atoms with van der Waals surface area (Å²) in [7, 11) is -1.82. The molecule has 1 aliphatic carbocycles. The smallest absolute Gasteiger partial charge is 0.192 e. The molecule has 0 amide bonds. The zero-order valence-corrected chi connectivity index (χ0v) is 15.5. The molecule has 0 aliphatic heterocycles. The number of hydrogen-bond donors (Lipinski definition) is 0. The first-order valence-electron chi connectivity index (χ1n) is 7.75. The van der Waals surface area contributed by atoms with Gasteiger partial charge in [0.25, 0.3) is 0 Å². The summed E-state index contributed by atoms with van der Waals surface area (Å²) in [6, 6.07) is 6.15. The molecular formula is C18H28O2Si. The number of hydrogen-bond acceptors (Lipinski definition) is 2. The minimum Gasteiger partial charge on any atom is -0.416 e. The van der Waals surface area contributed by atoms with Crippen molar-refractivity contribution in [1.82, 2.24) is 0 Å². The van der Waals surface area contributed by atoms with Crippen molar-refractivity contribution in [3.8, 4) is 0 Å². The highest BCUT2D eigenvalue weighted by molar-refractivity contribution is 6.74. The molecule has 1 atom stereocenters. The van der Waals surface area contributed by atoms with Crippen LogP contribution >= 0.6 is 0 Å². The summed E-state index contributed by atoms with van der Waals surface area (Å²) >= 11 is 0. The second-order valence-corrected chi connectivity index (χ2v) is 13.1. The second-order valence-electron chi connectivity index (χ2n) is 8.28. The Bertz CT molecular complexity index is 569. The Kier molecular flexibility index (Phi) is 3.96. The summed E-state index contributed by atoms with van der Waals surface area (Å²) in [5, 5.41) is 0.175. The van der Waals surface area contributed by atoms with Crippen LogP contribution in [0, 0.1) is 12.3 Å². The Morgan fingerprint density at radius 3 is 2.48 bits per heavy atom. The van der Waals surface area contributed by atoms with Crippen molar-refractivity contribution >= 4 is 14.1 Å². The van der Waals surface area contributed by atoms with Gasteiger partial charge in [-0.2, -0.15) is 0 Å². The molecule has 2 rings (SSSR count). The molecule has 3 heteroatoms. The fraction of sp³-hybridized carbons (Fsp3) is 0.611. The van der Waals surface area contributed by atoms with Gasteiger partial charge < -0.3 is 4.43 Å². The molecule has 0 heterocycles. The highest BCUT2D eigenvalue weighted by Gasteiger charge is 2.45. The lowest BCUT2D eigenvalue weighted by Crippen LogP contribution is -2.44. The maximum Gasteiger partial charge on any atom is 0.192 e. The SMILES string of the molecule is Cc1ccc2c(c1)CC(C)(CO[Si](C)(C)C(C)(C)C)C2=O. The van der Waals surface area contributed by atoms with Crippen LogP contribution in [-0.4, -0.2) is 20.7 Å². The van der Waals surface area contributed by atoms with E-state index in [1.807, 2.05) is 12.1 Å². The molecule has 0 bridgehead atoms. The van der Waals surface area contributed by atoms with E-state index in [-0.39, 0.29) is 10.8 Å². The van der Waals surface area contributed by atoms with E-state index in [0.29, 0.717) is 6.61 Å². The zero-order chi connectivity index (χ0) is 16.1. The Morgan fingerprint density at radius 1 is 1.29 bits per heavy atom. The van der Waals surface area contributed by atoms with Gasteiger partial charge in [0.15, 0.2) is 14.1 Å². The molecule has 0 saturated heterocycles. The van der Waals surface area contributed by atoms with Gasteiger partial charge in [0.05, 0.1) is 5.41 Å². The zero-order valence-electron chi connectivity index (χ0n) is 14.5. The first-order chi connectivity index (χ1) is 9.46. The van der Waals surface area contributed by atoms with E-state index in [1.54, 1.807) is 0 Å². The number of benzene rings is 1. The van der Waals surface area contributed by atoms with Crippen LogP contribution in [0.5, 0.6) is 0 Å². The number of rotatable bonds is 3. The summed E-state index contributed by atoms with van der Waals surface area (Å²) in [6.07, 6.45) is 0.803. The molecule has 1 unspecified atom stereocenters. The normalized spacial score (nSPS) is 22.5. The van der Waals surface area contributed by atoms with E-state index in [4.69, 9.17) is 4.43 Å². The van der Waals surface area contributed by atoms with Crippen molar-refractivity contribution in [2.45, 2.75) is 59.2 Å². The van der Waals surface area contributed by atoms with E-state index in [2.05, 4.69) is 53.8 Å². The van der Waals surface area contributed by atoms with Gasteiger partial charge in [-0.3, -0.25) is 4.79 Å². The Balaban J connectivity index is 2.17. The summed E-state index contributed by atoms with van der Waals surface area (Å²) in [5.41, 5.74) is 2.89. The Morgan fingerprint density at radius 2 is 1.90 bits per heavy atom. The maximum absolute atomic E-state index is 12.7. The predicted molar refractivity (Wildman–Crippen MR) is 90.5 cm³/mol. The average molecular weight is 305 g/mol. The maximum atomic E-state index is 12.7. The lowest BCUT2D eigenvalue weighted by molar-refractivity contribution is 0.0734. The molecule has 0 spiro atoms. The summed E-state index contributed by atoms with van der Waals surface area (Å²) in [5.74, 6) is 0.246.